The van der Waals surface area contributed by atoms with Crippen molar-refractivity contribution < 1.29 is 14.4 Å². The first kappa shape index (κ1) is 12.1. The molecular weight excluding hydrogens is 262 g/mol. The van der Waals surface area contributed by atoms with Crippen molar-refractivity contribution >= 4 is 16.9 Å². The maximum Gasteiger partial charge on any atom is 0.358 e. The first-order chi connectivity index (χ1) is 9.65. The van der Waals surface area contributed by atoms with Gasteiger partial charge in [-0.15, -0.1) is 0 Å². The van der Waals surface area contributed by atoms with Gasteiger partial charge in [-0.3, -0.25) is 9.36 Å². The van der Waals surface area contributed by atoms with E-state index in [0.29, 0.717) is 10.9 Å². The molecule has 2 aromatic heterocycles. The van der Waals surface area contributed by atoms with Gasteiger partial charge in [0.1, 0.15) is 0 Å². The maximum absolute atomic E-state index is 12.2. The Balaban J connectivity index is 2.00. The van der Waals surface area contributed by atoms with Gasteiger partial charge in [0, 0.05) is 6.07 Å². The molecule has 0 saturated carbocycles. The summed E-state index contributed by atoms with van der Waals surface area (Å²) in [5.41, 5.74) is 0.197. The van der Waals surface area contributed by atoms with Crippen molar-refractivity contribution in [1.82, 2.24) is 14.7 Å². The fourth-order valence-electron chi connectivity index (χ4n) is 1.87. The molecule has 0 fully saturated rings. The van der Waals surface area contributed by atoms with Crippen molar-refractivity contribution in [3.05, 3.63) is 58.5 Å². The average Bonchev–Trinajstić information content (AvgIpc) is 2.91. The van der Waals surface area contributed by atoms with Gasteiger partial charge >= 0.3 is 5.97 Å². The summed E-state index contributed by atoms with van der Waals surface area (Å²) in [6, 6.07) is 8.27. The largest absolute Gasteiger partial charge is 0.476 e. The van der Waals surface area contributed by atoms with Crippen LogP contribution in [-0.4, -0.2) is 25.8 Å². The van der Waals surface area contributed by atoms with Gasteiger partial charge in [0.05, 0.1) is 23.8 Å². The average molecular weight is 271 g/mol. The van der Waals surface area contributed by atoms with Crippen molar-refractivity contribution in [1.29, 1.82) is 0 Å². The van der Waals surface area contributed by atoms with Gasteiger partial charge < -0.3 is 9.63 Å². The van der Waals surface area contributed by atoms with Gasteiger partial charge in [-0.05, 0) is 12.1 Å². The SMILES string of the molecule is O=C(O)c1cc(Cn2cnc3ccccc3c2=O)on1. The minimum absolute atomic E-state index is 0.0803. The predicted octanol–water partition coefficient (Wildman–Crippen LogP) is 1.13. The molecule has 1 N–H and O–H groups in total. The number of hydrogen-bond acceptors (Lipinski definition) is 5. The number of carbonyl (C=O) groups is 1. The highest BCUT2D eigenvalue weighted by atomic mass is 16.5. The summed E-state index contributed by atoms with van der Waals surface area (Å²) in [6.45, 7) is 0.0803. The highest BCUT2D eigenvalue weighted by Crippen LogP contribution is 2.08. The zero-order valence-corrected chi connectivity index (χ0v) is 10.2. The number of benzene rings is 1. The number of carboxylic acid groups (broad SMARTS) is 1. The predicted molar refractivity (Wildman–Crippen MR) is 68.6 cm³/mol. The van der Waals surface area contributed by atoms with E-state index in [-0.39, 0.29) is 23.6 Å². The molecule has 0 radical (unpaired) electrons. The summed E-state index contributed by atoms with van der Waals surface area (Å²) >= 11 is 0. The topological polar surface area (TPSA) is 98.2 Å². The molecule has 3 aromatic rings. The highest BCUT2D eigenvalue weighted by molar-refractivity contribution is 5.85. The van der Waals surface area contributed by atoms with E-state index in [1.165, 1.54) is 17.0 Å². The lowest BCUT2D eigenvalue weighted by molar-refractivity contribution is 0.0685. The quantitative estimate of drug-likeness (QED) is 0.766. The van der Waals surface area contributed by atoms with Crippen LogP contribution in [0.3, 0.4) is 0 Å². The van der Waals surface area contributed by atoms with Crippen molar-refractivity contribution in [2.24, 2.45) is 0 Å². The van der Waals surface area contributed by atoms with Crippen LogP contribution < -0.4 is 5.56 Å². The number of carboxylic acids is 1. The second-order valence-corrected chi connectivity index (χ2v) is 4.18. The smallest absolute Gasteiger partial charge is 0.358 e. The van der Waals surface area contributed by atoms with Crippen LogP contribution in [0.5, 0.6) is 0 Å². The van der Waals surface area contributed by atoms with Crippen LogP contribution >= 0.6 is 0 Å². The first-order valence-corrected chi connectivity index (χ1v) is 5.78. The van der Waals surface area contributed by atoms with Crippen molar-refractivity contribution in [2.75, 3.05) is 0 Å². The summed E-state index contributed by atoms with van der Waals surface area (Å²) < 4.78 is 6.22. The lowest BCUT2D eigenvalue weighted by Crippen LogP contribution is -2.20. The summed E-state index contributed by atoms with van der Waals surface area (Å²) in [5.74, 6) is -0.898. The minimum Gasteiger partial charge on any atom is -0.476 e. The van der Waals surface area contributed by atoms with E-state index < -0.39 is 5.97 Å². The normalized spacial score (nSPS) is 10.8. The molecule has 0 saturated heterocycles. The molecule has 0 atom stereocenters. The van der Waals surface area contributed by atoms with Crippen molar-refractivity contribution in [3.8, 4) is 0 Å². The monoisotopic (exact) mass is 271 g/mol. The number of nitrogens with zero attached hydrogens (tertiary/aromatic N) is 3. The van der Waals surface area contributed by atoms with Crippen LogP contribution in [-0.2, 0) is 6.54 Å². The number of hydrogen-bond donors (Lipinski definition) is 1. The Morgan fingerprint density at radius 3 is 2.90 bits per heavy atom. The third-order valence-electron chi connectivity index (χ3n) is 2.84. The molecule has 0 amide bonds. The maximum atomic E-state index is 12.2. The number of aromatic carboxylic acids is 1. The van der Waals surface area contributed by atoms with E-state index in [1.54, 1.807) is 24.3 Å². The van der Waals surface area contributed by atoms with E-state index >= 15 is 0 Å². The van der Waals surface area contributed by atoms with E-state index in [0.717, 1.165) is 0 Å². The van der Waals surface area contributed by atoms with Crippen LogP contribution in [0, 0.1) is 0 Å². The van der Waals surface area contributed by atoms with Gasteiger partial charge in [-0.1, -0.05) is 17.3 Å². The van der Waals surface area contributed by atoms with Crippen LogP contribution in [0.25, 0.3) is 10.9 Å². The fourth-order valence-corrected chi connectivity index (χ4v) is 1.87. The lowest BCUT2D eigenvalue weighted by Gasteiger charge is -2.03. The molecule has 3 rings (SSSR count). The molecule has 2 heterocycles. The van der Waals surface area contributed by atoms with E-state index in [9.17, 15) is 9.59 Å². The van der Waals surface area contributed by atoms with Gasteiger partial charge in [-0.25, -0.2) is 9.78 Å². The fraction of sp³-hybridized carbons (Fsp3) is 0.0769. The molecule has 0 aliphatic heterocycles. The molecule has 0 spiro atoms. The molecule has 0 aliphatic carbocycles. The number of fused-ring (bicyclic) bond motifs is 1. The summed E-state index contributed by atoms with van der Waals surface area (Å²) in [5, 5.41) is 12.6. The van der Waals surface area contributed by atoms with Gasteiger partial charge in [-0.2, -0.15) is 0 Å². The molecule has 0 aliphatic rings. The number of para-hydroxylation sites is 1. The van der Waals surface area contributed by atoms with Gasteiger partial charge in [0.25, 0.3) is 5.56 Å². The lowest BCUT2D eigenvalue weighted by atomic mass is 10.2. The van der Waals surface area contributed by atoms with Crippen LogP contribution in [0.1, 0.15) is 16.2 Å². The van der Waals surface area contributed by atoms with Gasteiger partial charge in [0.2, 0.25) is 0 Å². The van der Waals surface area contributed by atoms with Crippen LogP contribution in [0.4, 0.5) is 0 Å². The Kier molecular flexibility index (Phi) is 2.79. The Labute approximate surface area is 112 Å². The molecule has 0 bridgehead atoms. The Morgan fingerprint density at radius 1 is 1.35 bits per heavy atom. The molecule has 1 aromatic carbocycles. The van der Waals surface area contributed by atoms with Crippen LogP contribution in [0.2, 0.25) is 0 Å². The number of rotatable bonds is 3. The zero-order valence-electron chi connectivity index (χ0n) is 10.2. The molecule has 7 nitrogen and oxygen atoms in total. The Hall–Kier alpha value is -2.96. The van der Waals surface area contributed by atoms with Crippen molar-refractivity contribution in [3.63, 3.8) is 0 Å². The molecular formula is C13H9N3O4. The molecule has 0 unspecified atom stereocenters. The second-order valence-electron chi connectivity index (χ2n) is 4.18. The van der Waals surface area contributed by atoms with E-state index in [2.05, 4.69) is 10.1 Å². The first-order valence-electron chi connectivity index (χ1n) is 5.78. The molecule has 7 heteroatoms. The zero-order chi connectivity index (χ0) is 14.1. The second kappa shape index (κ2) is 4.61. The third-order valence-corrected chi connectivity index (χ3v) is 2.84. The minimum atomic E-state index is -1.18. The van der Waals surface area contributed by atoms with Crippen molar-refractivity contribution in [2.45, 2.75) is 6.54 Å². The summed E-state index contributed by atoms with van der Waals surface area (Å²) in [6.07, 6.45) is 1.40. The standard InChI is InChI=1S/C13H9N3O4/c17-12-9-3-1-2-4-10(9)14-7-16(12)6-8-5-11(13(18)19)15-20-8/h1-5,7H,6H2,(H,18,19). The Morgan fingerprint density at radius 2 is 2.15 bits per heavy atom. The van der Waals surface area contributed by atoms with Crippen LogP contribution in [0.15, 0.2) is 46.0 Å². The van der Waals surface area contributed by atoms with Gasteiger partial charge in [0.15, 0.2) is 11.5 Å². The summed E-state index contributed by atoms with van der Waals surface area (Å²) in [4.78, 5) is 27.1. The van der Waals surface area contributed by atoms with E-state index in [4.69, 9.17) is 9.63 Å². The van der Waals surface area contributed by atoms with E-state index in [1.807, 2.05) is 0 Å². The molecule has 100 valence electrons. The highest BCUT2D eigenvalue weighted by Gasteiger charge is 2.12. The number of aromatic nitrogens is 3. The third kappa shape index (κ3) is 2.05. The molecule has 20 heavy (non-hydrogen) atoms. The summed E-state index contributed by atoms with van der Waals surface area (Å²) in [7, 11) is 0. The Bertz CT molecular complexity index is 850.